The Balaban J connectivity index is 1.94. The third kappa shape index (κ3) is 2.61. The lowest BCUT2D eigenvalue weighted by Gasteiger charge is -2.13. The van der Waals surface area contributed by atoms with Crippen LogP contribution >= 0.6 is 0 Å². The largest absolute Gasteiger partial charge is 0.458 e. The molecule has 0 heterocycles. The fraction of sp³-hybridized carbons (Fsp3) is 0.462. The average Bonchev–Trinajstić information content (AvgIpc) is 2.82. The molecule has 86 valence electrons. The highest BCUT2D eigenvalue weighted by molar-refractivity contribution is 5.76. The molecule has 1 atom stereocenters. The van der Waals surface area contributed by atoms with Gasteiger partial charge in [0.05, 0.1) is 0 Å². The summed E-state index contributed by atoms with van der Waals surface area (Å²) in [5, 5.41) is 0. The van der Waals surface area contributed by atoms with E-state index in [9.17, 15) is 4.79 Å². The number of rotatable bonds is 3. The van der Waals surface area contributed by atoms with E-state index >= 15 is 0 Å². The van der Waals surface area contributed by atoms with Crippen LogP contribution in [0.4, 0.5) is 0 Å². The highest BCUT2D eigenvalue weighted by Gasteiger charge is 2.26. The van der Waals surface area contributed by atoms with Crippen molar-refractivity contribution in [3.8, 4) is 0 Å². The highest BCUT2D eigenvalue weighted by atomic mass is 16.5. The first-order valence-electron chi connectivity index (χ1n) is 5.86. The Morgan fingerprint density at radius 2 is 1.88 bits per heavy atom. The Bertz CT molecular complexity index is 344. The van der Waals surface area contributed by atoms with E-state index in [1.54, 1.807) is 0 Å². The van der Waals surface area contributed by atoms with E-state index < -0.39 is 6.04 Å². The lowest BCUT2D eigenvalue weighted by Crippen LogP contribution is -2.58. The van der Waals surface area contributed by atoms with E-state index in [2.05, 4.69) is 5.73 Å². The molecule has 3 heteroatoms. The van der Waals surface area contributed by atoms with Gasteiger partial charge in [-0.3, -0.25) is 0 Å². The number of hydrogen-bond donors (Lipinski definition) is 1. The second-order valence-corrected chi connectivity index (χ2v) is 4.31. The molecular formula is C13H18NO2+. The maximum Gasteiger partial charge on any atom is 0.370 e. The van der Waals surface area contributed by atoms with Crippen LogP contribution in [0.3, 0.4) is 0 Å². The van der Waals surface area contributed by atoms with E-state index in [0.29, 0.717) is 0 Å². The number of carbonyl (C=O) groups is 1. The first-order chi connectivity index (χ1) is 7.77. The maximum atomic E-state index is 11.8. The number of benzene rings is 1. The van der Waals surface area contributed by atoms with Crippen LogP contribution in [0.1, 0.15) is 37.3 Å². The molecule has 3 N–H and O–H groups in total. The van der Waals surface area contributed by atoms with Crippen LogP contribution in [-0.4, -0.2) is 12.1 Å². The van der Waals surface area contributed by atoms with Crippen molar-refractivity contribution in [2.45, 2.75) is 37.8 Å². The van der Waals surface area contributed by atoms with Crippen molar-refractivity contribution in [3.05, 3.63) is 35.9 Å². The Hall–Kier alpha value is -1.35. The van der Waals surface area contributed by atoms with Crippen LogP contribution in [0.2, 0.25) is 0 Å². The van der Waals surface area contributed by atoms with Gasteiger partial charge in [0, 0.05) is 5.56 Å². The van der Waals surface area contributed by atoms with Gasteiger partial charge in [-0.2, -0.15) is 0 Å². The van der Waals surface area contributed by atoms with Gasteiger partial charge >= 0.3 is 5.97 Å². The molecule has 0 radical (unpaired) electrons. The zero-order valence-corrected chi connectivity index (χ0v) is 9.39. The normalized spacial score (nSPS) is 18.3. The molecule has 3 nitrogen and oxygen atoms in total. The maximum absolute atomic E-state index is 11.8. The third-order valence-electron chi connectivity index (χ3n) is 3.07. The third-order valence-corrected chi connectivity index (χ3v) is 3.07. The molecular weight excluding hydrogens is 202 g/mol. The van der Waals surface area contributed by atoms with E-state index in [1.807, 2.05) is 30.3 Å². The smallest absolute Gasteiger partial charge is 0.370 e. The summed E-state index contributed by atoms with van der Waals surface area (Å²) in [6, 6.07) is 9.17. The van der Waals surface area contributed by atoms with Crippen molar-refractivity contribution in [2.75, 3.05) is 0 Å². The zero-order chi connectivity index (χ0) is 11.4. The van der Waals surface area contributed by atoms with Crippen molar-refractivity contribution in [2.24, 2.45) is 0 Å². The predicted molar refractivity (Wildman–Crippen MR) is 60.4 cm³/mol. The fourth-order valence-electron chi connectivity index (χ4n) is 2.07. The summed E-state index contributed by atoms with van der Waals surface area (Å²) in [5.74, 6) is -0.196. The monoisotopic (exact) mass is 220 g/mol. The van der Waals surface area contributed by atoms with Gasteiger partial charge in [0.25, 0.3) is 0 Å². The molecule has 0 bridgehead atoms. The number of ether oxygens (including phenoxy) is 1. The second kappa shape index (κ2) is 5.12. The lowest BCUT2D eigenvalue weighted by atomic mass is 10.1. The molecule has 0 amide bonds. The standard InChI is InChI=1S/C13H17NO2/c14-12(10-6-2-1-3-7-10)13(15)16-11-8-4-5-9-11/h1-3,6-7,11-12H,4-5,8-9,14H2/p+1. The van der Waals surface area contributed by atoms with Crippen LogP contribution in [0.25, 0.3) is 0 Å². The van der Waals surface area contributed by atoms with Crippen LogP contribution in [0.15, 0.2) is 30.3 Å². The van der Waals surface area contributed by atoms with Crippen LogP contribution < -0.4 is 5.73 Å². The van der Waals surface area contributed by atoms with Crippen molar-refractivity contribution in [1.29, 1.82) is 0 Å². The SMILES string of the molecule is [NH3+]C(C(=O)OC1CCCC1)c1ccccc1. The Labute approximate surface area is 95.6 Å². The number of esters is 1. The predicted octanol–water partition coefficient (Wildman–Crippen LogP) is 1.46. The fourth-order valence-corrected chi connectivity index (χ4v) is 2.07. The minimum atomic E-state index is -0.401. The molecule has 1 unspecified atom stereocenters. The number of quaternary nitrogens is 1. The Kier molecular flexibility index (Phi) is 3.57. The van der Waals surface area contributed by atoms with Crippen LogP contribution in [0.5, 0.6) is 0 Å². The lowest BCUT2D eigenvalue weighted by molar-refractivity contribution is -0.415. The van der Waals surface area contributed by atoms with Crippen LogP contribution in [0, 0.1) is 0 Å². The van der Waals surface area contributed by atoms with Gasteiger partial charge in [0.15, 0.2) is 0 Å². The molecule has 1 aromatic rings. The highest BCUT2D eigenvalue weighted by Crippen LogP contribution is 2.22. The molecule has 0 spiro atoms. The van der Waals surface area contributed by atoms with E-state index in [-0.39, 0.29) is 12.1 Å². The Morgan fingerprint density at radius 3 is 2.50 bits per heavy atom. The summed E-state index contributed by atoms with van der Waals surface area (Å²) in [6.07, 6.45) is 4.48. The molecule has 1 aromatic carbocycles. The molecule has 16 heavy (non-hydrogen) atoms. The molecule has 1 aliphatic rings. The van der Waals surface area contributed by atoms with E-state index in [4.69, 9.17) is 4.74 Å². The van der Waals surface area contributed by atoms with Crippen molar-refractivity contribution in [1.82, 2.24) is 0 Å². The molecule has 1 aliphatic carbocycles. The summed E-state index contributed by atoms with van der Waals surface area (Å²) in [4.78, 5) is 11.8. The van der Waals surface area contributed by atoms with E-state index in [0.717, 1.165) is 18.4 Å². The molecule has 2 rings (SSSR count). The molecule has 1 fully saturated rings. The summed E-state index contributed by atoms with van der Waals surface area (Å²) in [6.45, 7) is 0. The summed E-state index contributed by atoms with van der Waals surface area (Å²) < 4.78 is 5.43. The van der Waals surface area contributed by atoms with Gasteiger partial charge in [-0.25, -0.2) is 4.79 Å². The Morgan fingerprint density at radius 1 is 1.25 bits per heavy atom. The topological polar surface area (TPSA) is 53.9 Å². The van der Waals surface area contributed by atoms with Gasteiger partial charge < -0.3 is 10.5 Å². The molecule has 0 aromatic heterocycles. The average molecular weight is 220 g/mol. The summed E-state index contributed by atoms with van der Waals surface area (Å²) >= 11 is 0. The van der Waals surface area contributed by atoms with Crippen molar-refractivity contribution < 1.29 is 15.3 Å². The van der Waals surface area contributed by atoms with Crippen molar-refractivity contribution in [3.63, 3.8) is 0 Å². The molecule has 1 saturated carbocycles. The summed E-state index contributed by atoms with van der Waals surface area (Å²) in [5.41, 5.74) is 4.80. The van der Waals surface area contributed by atoms with E-state index in [1.165, 1.54) is 12.8 Å². The minimum Gasteiger partial charge on any atom is -0.458 e. The number of hydrogen-bond acceptors (Lipinski definition) is 2. The van der Waals surface area contributed by atoms with Crippen molar-refractivity contribution >= 4 is 5.97 Å². The summed E-state index contributed by atoms with van der Waals surface area (Å²) in [7, 11) is 0. The number of carbonyl (C=O) groups excluding carboxylic acids is 1. The first kappa shape index (κ1) is 11.1. The van der Waals surface area contributed by atoms with Crippen LogP contribution in [-0.2, 0) is 9.53 Å². The first-order valence-corrected chi connectivity index (χ1v) is 5.86. The van der Waals surface area contributed by atoms with Gasteiger partial charge in [0.2, 0.25) is 6.04 Å². The second-order valence-electron chi connectivity index (χ2n) is 4.31. The quantitative estimate of drug-likeness (QED) is 0.784. The van der Waals surface area contributed by atoms with Gasteiger partial charge in [-0.1, -0.05) is 30.3 Å². The van der Waals surface area contributed by atoms with Gasteiger partial charge in [-0.05, 0) is 25.7 Å². The zero-order valence-electron chi connectivity index (χ0n) is 9.39. The van der Waals surface area contributed by atoms with Gasteiger partial charge in [0.1, 0.15) is 6.10 Å². The molecule has 0 aliphatic heterocycles. The molecule has 0 saturated heterocycles. The van der Waals surface area contributed by atoms with Gasteiger partial charge in [-0.15, -0.1) is 0 Å². The minimum absolute atomic E-state index is 0.125.